The number of nitrogens with zero attached hydrogens (tertiary/aromatic N) is 3. The minimum Gasteiger partial charge on any atom is -0.480 e. The number of primary amides is 2. The van der Waals surface area contributed by atoms with Crippen molar-refractivity contribution in [1.29, 1.82) is 0 Å². The fourth-order valence-electron chi connectivity index (χ4n) is 3.45. The summed E-state index contributed by atoms with van der Waals surface area (Å²) < 4.78 is 10.4. The molecule has 0 radical (unpaired) electrons. The maximum Gasteiger partial charge on any atom is 0.319 e. The summed E-state index contributed by atoms with van der Waals surface area (Å²) >= 11 is 0. The van der Waals surface area contributed by atoms with Gasteiger partial charge in [0.25, 0.3) is 5.91 Å². The van der Waals surface area contributed by atoms with Crippen molar-refractivity contribution in [2.24, 2.45) is 11.5 Å². The number of aromatic nitrogens is 3. The third-order valence-corrected chi connectivity index (χ3v) is 4.95. The predicted molar refractivity (Wildman–Crippen MR) is 135 cm³/mol. The molecule has 2 aromatic carbocycles. The first-order chi connectivity index (χ1) is 16.4. The molecule has 35 heavy (non-hydrogen) atoms. The molecule has 0 aliphatic rings. The van der Waals surface area contributed by atoms with Crippen LogP contribution in [0.1, 0.15) is 10.4 Å². The molecule has 0 spiro atoms. The molecule has 0 atom stereocenters. The Hall–Kier alpha value is -4.64. The van der Waals surface area contributed by atoms with Crippen LogP contribution in [-0.4, -0.2) is 41.1 Å². The molecule has 180 valence electrons. The number of benzene rings is 2. The highest BCUT2D eigenvalue weighted by atomic mass is 35.5. The van der Waals surface area contributed by atoms with Gasteiger partial charge in [0.1, 0.15) is 0 Å². The maximum atomic E-state index is 12.1. The quantitative estimate of drug-likeness (QED) is 0.302. The van der Waals surface area contributed by atoms with Crippen molar-refractivity contribution in [3.05, 3.63) is 60.4 Å². The highest BCUT2D eigenvalue weighted by molar-refractivity contribution is 6.08. The van der Waals surface area contributed by atoms with E-state index in [1.807, 2.05) is 18.2 Å². The van der Waals surface area contributed by atoms with Gasteiger partial charge in [0.2, 0.25) is 5.88 Å². The lowest BCUT2D eigenvalue weighted by atomic mass is 10.0. The fourth-order valence-corrected chi connectivity index (χ4v) is 3.45. The van der Waals surface area contributed by atoms with Crippen LogP contribution < -0.4 is 31.6 Å². The molecule has 4 aromatic rings. The van der Waals surface area contributed by atoms with Gasteiger partial charge in [0.15, 0.2) is 0 Å². The molecule has 12 heteroatoms. The summed E-state index contributed by atoms with van der Waals surface area (Å²) in [6.07, 6.45) is 3.00. The van der Waals surface area contributed by atoms with Gasteiger partial charge in [-0.25, -0.2) is 9.78 Å². The lowest BCUT2D eigenvalue weighted by Gasteiger charge is -2.15. The van der Waals surface area contributed by atoms with Gasteiger partial charge in [-0.3, -0.25) is 9.78 Å². The zero-order valence-electron chi connectivity index (χ0n) is 18.7. The van der Waals surface area contributed by atoms with Gasteiger partial charge in [0, 0.05) is 29.2 Å². The van der Waals surface area contributed by atoms with E-state index >= 15 is 0 Å². The molecule has 0 fully saturated rings. The number of nitrogens with one attached hydrogen (secondary N) is 2. The van der Waals surface area contributed by atoms with Crippen LogP contribution in [0.25, 0.3) is 22.0 Å². The Morgan fingerprint density at radius 2 is 1.71 bits per heavy atom. The molecule has 0 unspecified atom stereocenters. The highest BCUT2D eigenvalue weighted by Crippen LogP contribution is 2.35. The first-order valence-corrected chi connectivity index (χ1v) is 10.0. The molecule has 6 N–H and O–H groups in total. The summed E-state index contributed by atoms with van der Waals surface area (Å²) in [7, 11) is 2.98. The van der Waals surface area contributed by atoms with E-state index < -0.39 is 11.9 Å². The van der Waals surface area contributed by atoms with Crippen molar-refractivity contribution in [3.8, 4) is 23.0 Å². The largest absolute Gasteiger partial charge is 0.480 e. The van der Waals surface area contributed by atoms with E-state index in [1.54, 1.807) is 30.5 Å². The normalized spacial score (nSPS) is 10.2. The summed E-state index contributed by atoms with van der Waals surface area (Å²) in [5.74, 6) is -0.297. The third kappa shape index (κ3) is 5.31. The van der Waals surface area contributed by atoms with E-state index in [-0.39, 0.29) is 24.0 Å². The molecule has 0 saturated carbocycles. The maximum absolute atomic E-state index is 12.1. The van der Waals surface area contributed by atoms with E-state index in [2.05, 4.69) is 25.6 Å². The summed E-state index contributed by atoms with van der Waals surface area (Å²) in [4.78, 5) is 36.1. The topological polar surface area (TPSA) is 167 Å². The summed E-state index contributed by atoms with van der Waals surface area (Å²) in [6.45, 7) is 0. The lowest BCUT2D eigenvalue weighted by Crippen LogP contribution is -2.19. The fraction of sp³-hybridized carbons (Fsp3) is 0.0870. The first-order valence-electron chi connectivity index (χ1n) is 10.0. The Bertz CT molecular complexity index is 1410. The SMILES string of the molecule is COc1ncc(-c2ccc3c(Nc4cccc(NC(N)=O)c4)c(C(N)=O)cnc3c2)c(OC)n1.Cl. The van der Waals surface area contributed by atoms with Gasteiger partial charge >= 0.3 is 12.0 Å². The first kappa shape index (κ1) is 25.0. The molecule has 3 amide bonds. The second-order valence-corrected chi connectivity index (χ2v) is 7.12. The summed E-state index contributed by atoms with van der Waals surface area (Å²) in [5, 5.41) is 6.38. The van der Waals surface area contributed by atoms with Gasteiger partial charge in [0.05, 0.1) is 36.6 Å². The molecular weight excluding hydrogens is 474 g/mol. The van der Waals surface area contributed by atoms with Crippen LogP contribution in [0.15, 0.2) is 54.9 Å². The van der Waals surface area contributed by atoms with Crippen molar-refractivity contribution < 1.29 is 19.1 Å². The Morgan fingerprint density at radius 3 is 2.40 bits per heavy atom. The Labute approximate surface area is 206 Å². The molecule has 0 aliphatic heterocycles. The smallest absolute Gasteiger partial charge is 0.319 e. The number of rotatable bonds is 7. The standard InChI is InChI=1S/C23H21N7O4.ClH/c1-33-21-16(10-27-23(30-21)34-2)12-6-7-15-18(8-12)26-11-17(20(24)31)19(15)28-13-4-3-5-14(9-13)29-22(25)32;/h3-11H,1-2H3,(H2,24,31)(H,26,28)(H3,25,29,32);1H. The monoisotopic (exact) mass is 495 g/mol. The second-order valence-electron chi connectivity index (χ2n) is 7.12. The van der Waals surface area contributed by atoms with Crippen molar-refractivity contribution in [2.45, 2.75) is 0 Å². The second kappa shape index (κ2) is 10.5. The average Bonchev–Trinajstić information content (AvgIpc) is 2.83. The van der Waals surface area contributed by atoms with Crippen LogP contribution in [0.4, 0.5) is 21.9 Å². The predicted octanol–water partition coefficient (Wildman–Crippen LogP) is 3.46. The van der Waals surface area contributed by atoms with Crippen molar-refractivity contribution in [2.75, 3.05) is 24.9 Å². The minimum atomic E-state index is -0.685. The van der Waals surface area contributed by atoms with Gasteiger partial charge in [-0.2, -0.15) is 4.98 Å². The number of nitrogens with two attached hydrogens (primary N) is 2. The van der Waals surface area contributed by atoms with E-state index in [4.69, 9.17) is 20.9 Å². The number of anilines is 3. The van der Waals surface area contributed by atoms with Crippen LogP contribution >= 0.6 is 12.4 Å². The molecule has 0 saturated heterocycles. The van der Waals surface area contributed by atoms with Crippen LogP contribution in [0.2, 0.25) is 0 Å². The molecule has 4 rings (SSSR count). The Balaban J connectivity index is 0.00000342. The zero-order chi connectivity index (χ0) is 24.2. The number of carbonyl (C=O) groups is 2. The number of carbonyl (C=O) groups excluding carboxylic acids is 2. The zero-order valence-corrected chi connectivity index (χ0v) is 19.6. The number of amides is 3. The van der Waals surface area contributed by atoms with Crippen molar-refractivity contribution in [1.82, 2.24) is 15.0 Å². The van der Waals surface area contributed by atoms with Crippen molar-refractivity contribution >= 4 is 52.3 Å². The molecular formula is C23H22ClN7O4. The number of hydrogen-bond donors (Lipinski definition) is 4. The summed E-state index contributed by atoms with van der Waals surface area (Å²) in [5.41, 5.74) is 14.6. The Morgan fingerprint density at radius 1 is 0.943 bits per heavy atom. The number of pyridine rings is 1. The number of fused-ring (bicyclic) bond motifs is 1. The van der Waals surface area contributed by atoms with Gasteiger partial charge in [-0.1, -0.05) is 18.2 Å². The van der Waals surface area contributed by atoms with E-state index in [0.29, 0.717) is 39.4 Å². The number of hydrogen-bond acceptors (Lipinski definition) is 8. The lowest BCUT2D eigenvalue weighted by molar-refractivity contribution is 0.100. The summed E-state index contributed by atoms with van der Waals surface area (Å²) in [6, 6.07) is 11.8. The molecule has 0 aliphatic carbocycles. The molecule has 2 heterocycles. The van der Waals surface area contributed by atoms with E-state index in [0.717, 1.165) is 5.56 Å². The van der Waals surface area contributed by atoms with E-state index in [9.17, 15) is 9.59 Å². The number of urea groups is 1. The number of ether oxygens (including phenoxy) is 2. The highest BCUT2D eigenvalue weighted by Gasteiger charge is 2.16. The van der Waals surface area contributed by atoms with Gasteiger partial charge in [-0.05, 0) is 29.8 Å². The molecule has 11 nitrogen and oxygen atoms in total. The van der Waals surface area contributed by atoms with Crippen LogP contribution in [0.5, 0.6) is 11.9 Å². The van der Waals surface area contributed by atoms with Gasteiger partial charge in [-0.15, -0.1) is 12.4 Å². The Kier molecular flexibility index (Phi) is 7.52. The van der Waals surface area contributed by atoms with E-state index in [1.165, 1.54) is 20.4 Å². The number of methoxy groups -OCH3 is 2. The molecule has 0 bridgehead atoms. The van der Waals surface area contributed by atoms with Crippen molar-refractivity contribution in [3.63, 3.8) is 0 Å². The third-order valence-electron chi connectivity index (χ3n) is 4.95. The average molecular weight is 496 g/mol. The molecule has 2 aromatic heterocycles. The van der Waals surface area contributed by atoms with Gasteiger partial charge < -0.3 is 31.6 Å². The number of halogens is 1. The minimum absolute atomic E-state index is 0. The van der Waals surface area contributed by atoms with Crippen LogP contribution in [0.3, 0.4) is 0 Å². The van der Waals surface area contributed by atoms with Crippen LogP contribution in [-0.2, 0) is 0 Å². The van der Waals surface area contributed by atoms with Crippen LogP contribution in [0, 0.1) is 0 Å².